The number of hydrogen-bond acceptors (Lipinski definition) is 2. The van der Waals surface area contributed by atoms with Crippen LogP contribution in [-0.2, 0) is 4.79 Å². The van der Waals surface area contributed by atoms with Crippen molar-refractivity contribution < 1.29 is 4.79 Å². The smallest absolute Gasteiger partial charge is 0.137 e. The van der Waals surface area contributed by atoms with E-state index in [2.05, 4.69) is 42.6 Å². The molecule has 0 aromatic heterocycles. The lowest BCUT2D eigenvalue weighted by Gasteiger charge is -2.38. The van der Waals surface area contributed by atoms with Gasteiger partial charge in [-0.3, -0.25) is 4.79 Å². The van der Waals surface area contributed by atoms with Crippen molar-refractivity contribution in [2.24, 2.45) is 11.8 Å². The van der Waals surface area contributed by atoms with Gasteiger partial charge < -0.3 is 5.32 Å². The van der Waals surface area contributed by atoms with E-state index in [9.17, 15) is 4.79 Å². The standard InChI is InChI=1S/C18H25NO/c1-13-9-10-19-17(11-13)16-12-15(7-8-18(16)20)14-5-3-2-4-6-14/h2-6,13,15-17,19H,7-12H2,1H3. The fourth-order valence-corrected chi connectivity index (χ4v) is 3.93. The van der Waals surface area contributed by atoms with E-state index in [1.165, 1.54) is 12.0 Å². The van der Waals surface area contributed by atoms with Crippen molar-refractivity contribution >= 4 is 5.78 Å². The molecular formula is C18H25NO. The Kier molecular flexibility index (Phi) is 4.21. The first-order valence-corrected chi connectivity index (χ1v) is 8.05. The minimum atomic E-state index is 0.233. The molecule has 108 valence electrons. The zero-order chi connectivity index (χ0) is 13.9. The molecule has 2 heteroatoms. The van der Waals surface area contributed by atoms with E-state index in [4.69, 9.17) is 0 Å². The van der Waals surface area contributed by atoms with Crippen molar-refractivity contribution in [3.63, 3.8) is 0 Å². The van der Waals surface area contributed by atoms with Gasteiger partial charge in [-0.05, 0) is 49.6 Å². The quantitative estimate of drug-likeness (QED) is 0.891. The van der Waals surface area contributed by atoms with E-state index in [1.807, 2.05) is 0 Å². The number of ketones is 1. The number of carbonyl (C=O) groups is 1. The highest BCUT2D eigenvalue weighted by molar-refractivity contribution is 5.82. The molecule has 1 N–H and O–H groups in total. The molecule has 1 aromatic carbocycles. The number of rotatable bonds is 2. The Hall–Kier alpha value is -1.15. The summed E-state index contributed by atoms with van der Waals surface area (Å²) in [6, 6.07) is 11.1. The molecule has 2 fully saturated rings. The lowest BCUT2D eigenvalue weighted by atomic mass is 9.72. The molecule has 0 amide bonds. The third kappa shape index (κ3) is 2.95. The number of nitrogens with one attached hydrogen (secondary N) is 1. The number of carbonyl (C=O) groups excluding carboxylic acids is 1. The first-order chi connectivity index (χ1) is 9.74. The number of benzene rings is 1. The van der Waals surface area contributed by atoms with Gasteiger partial charge in [0.1, 0.15) is 5.78 Å². The second-order valence-electron chi connectivity index (χ2n) is 6.64. The molecule has 4 atom stereocenters. The van der Waals surface area contributed by atoms with Crippen LogP contribution < -0.4 is 5.32 Å². The molecule has 0 radical (unpaired) electrons. The molecule has 1 aliphatic carbocycles. The third-order valence-electron chi connectivity index (χ3n) is 5.15. The van der Waals surface area contributed by atoms with Gasteiger partial charge in [-0.2, -0.15) is 0 Å². The summed E-state index contributed by atoms with van der Waals surface area (Å²) in [5.41, 5.74) is 1.41. The third-order valence-corrected chi connectivity index (χ3v) is 5.15. The fraction of sp³-hybridized carbons (Fsp3) is 0.611. The monoisotopic (exact) mass is 271 g/mol. The molecule has 20 heavy (non-hydrogen) atoms. The number of Topliss-reactive ketones (excluding diaryl/α,β-unsaturated/α-hetero) is 1. The van der Waals surface area contributed by atoms with Gasteiger partial charge in [0, 0.05) is 18.4 Å². The molecular weight excluding hydrogens is 246 g/mol. The van der Waals surface area contributed by atoms with Gasteiger partial charge in [0.2, 0.25) is 0 Å². The van der Waals surface area contributed by atoms with E-state index in [0.29, 0.717) is 17.7 Å². The summed E-state index contributed by atoms with van der Waals surface area (Å²) in [6.45, 7) is 3.39. The summed E-state index contributed by atoms with van der Waals surface area (Å²) in [6.07, 6.45) is 5.24. The van der Waals surface area contributed by atoms with Crippen molar-refractivity contribution in [2.45, 2.75) is 51.0 Å². The largest absolute Gasteiger partial charge is 0.313 e. The molecule has 1 saturated heterocycles. The van der Waals surface area contributed by atoms with Crippen LogP contribution in [0.25, 0.3) is 0 Å². The van der Waals surface area contributed by atoms with E-state index in [-0.39, 0.29) is 5.92 Å². The topological polar surface area (TPSA) is 29.1 Å². The number of hydrogen-bond donors (Lipinski definition) is 1. The summed E-state index contributed by atoms with van der Waals surface area (Å²) >= 11 is 0. The first-order valence-electron chi connectivity index (χ1n) is 8.05. The zero-order valence-corrected chi connectivity index (χ0v) is 12.3. The van der Waals surface area contributed by atoms with Crippen LogP contribution in [0.2, 0.25) is 0 Å². The van der Waals surface area contributed by atoms with Gasteiger partial charge in [0.15, 0.2) is 0 Å². The molecule has 0 bridgehead atoms. The highest BCUT2D eigenvalue weighted by Gasteiger charge is 2.36. The van der Waals surface area contributed by atoms with Gasteiger partial charge in [-0.25, -0.2) is 0 Å². The Labute approximate surface area is 122 Å². The Morgan fingerprint density at radius 2 is 1.90 bits per heavy atom. The van der Waals surface area contributed by atoms with Gasteiger partial charge >= 0.3 is 0 Å². The Morgan fingerprint density at radius 1 is 1.10 bits per heavy atom. The minimum absolute atomic E-state index is 0.233. The second kappa shape index (κ2) is 6.09. The van der Waals surface area contributed by atoms with Crippen LogP contribution in [0.5, 0.6) is 0 Å². The summed E-state index contributed by atoms with van der Waals surface area (Å²) in [4.78, 5) is 12.3. The molecule has 1 aliphatic heterocycles. The highest BCUT2D eigenvalue weighted by Crippen LogP contribution is 2.37. The Bertz CT molecular complexity index is 456. The maximum absolute atomic E-state index is 12.3. The van der Waals surface area contributed by atoms with E-state index >= 15 is 0 Å². The molecule has 4 unspecified atom stereocenters. The van der Waals surface area contributed by atoms with Gasteiger partial charge in [-0.15, -0.1) is 0 Å². The van der Waals surface area contributed by atoms with Gasteiger partial charge in [0.25, 0.3) is 0 Å². The average molecular weight is 271 g/mol. The Morgan fingerprint density at radius 3 is 2.65 bits per heavy atom. The molecule has 1 aromatic rings. The average Bonchev–Trinajstić information content (AvgIpc) is 2.48. The summed E-state index contributed by atoms with van der Waals surface area (Å²) < 4.78 is 0. The number of piperidine rings is 1. The highest BCUT2D eigenvalue weighted by atomic mass is 16.1. The predicted octanol–water partition coefficient (Wildman–Crippen LogP) is 3.53. The Balaban J connectivity index is 1.72. The van der Waals surface area contributed by atoms with Crippen molar-refractivity contribution in [3.8, 4) is 0 Å². The van der Waals surface area contributed by atoms with E-state index in [0.717, 1.165) is 38.1 Å². The molecule has 1 saturated carbocycles. The van der Waals surface area contributed by atoms with Crippen molar-refractivity contribution in [2.75, 3.05) is 6.54 Å². The molecule has 2 nitrogen and oxygen atoms in total. The van der Waals surface area contributed by atoms with E-state index in [1.54, 1.807) is 0 Å². The van der Waals surface area contributed by atoms with E-state index < -0.39 is 0 Å². The normalized spacial score (nSPS) is 35.0. The van der Waals surface area contributed by atoms with Crippen LogP contribution in [-0.4, -0.2) is 18.4 Å². The first kappa shape index (κ1) is 13.8. The van der Waals surface area contributed by atoms with Gasteiger partial charge in [0.05, 0.1) is 0 Å². The zero-order valence-electron chi connectivity index (χ0n) is 12.3. The maximum atomic E-state index is 12.3. The fourth-order valence-electron chi connectivity index (χ4n) is 3.93. The SMILES string of the molecule is CC1CCNC(C2CC(c3ccccc3)CCC2=O)C1. The summed E-state index contributed by atoms with van der Waals surface area (Å²) in [5, 5.41) is 3.60. The predicted molar refractivity (Wildman–Crippen MR) is 81.7 cm³/mol. The van der Waals surface area contributed by atoms with Crippen LogP contribution in [0.1, 0.15) is 50.5 Å². The van der Waals surface area contributed by atoms with Crippen molar-refractivity contribution in [3.05, 3.63) is 35.9 Å². The van der Waals surface area contributed by atoms with Crippen LogP contribution in [0.4, 0.5) is 0 Å². The minimum Gasteiger partial charge on any atom is -0.313 e. The van der Waals surface area contributed by atoms with Crippen LogP contribution in [0, 0.1) is 11.8 Å². The second-order valence-corrected chi connectivity index (χ2v) is 6.64. The molecule has 1 heterocycles. The van der Waals surface area contributed by atoms with Crippen LogP contribution in [0.15, 0.2) is 30.3 Å². The van der Waals surface area contributed by atoms with Gasteiger partial charge in [-0.1, -0.05) is 37.3 Å². The summed E-state index contributed by atoms with van der Waals surface area (Å²) in [5.74, 6) is 2.05. The van der Waals surface area contributed by atoms with Crippen molar-refractivity contribution in [1.29, 1.82) is 0 Å². The van der Waals surface area contributed by atoms with Crippen LogP contribution in [0.3, 0.4) is 0 Å². The lowest BCUT2D eigenvalue weighted by molar-refractivity contribution is -0.126. The molecule has 3 rings (SSSR count). The van der Waals surface area contributed by atoms with Crippen molar-refractivity contribution in [1.82, 2.24) is 5.32 Å². The summed E-state index contributed by atoms with van der Waals surface area (Å²) in [7, 11) is 0. The molecule has 0 spiro atoms. The lowest BCUT2D eigenvalue weighted by Crippen LogP contribution is -2.47. The molecule has 2 aliphatic rings. The maximum Gasteiger partial charge on any atom is 0.137 e. The van der Waals surface area contributed by atoms with Crippen LogP contribution >= 0.6 is 0 Å².